The highest BCUT2D eigenvalue weighted by molar-refractivity contribution is 7.12. The third kappa shape index (κ3) is 5.51. The fourth-order valence-electron chi connectivity index (χ4n) is 3.22. The largest absolute Gasteiger partial charge is 0.489 e. The molecule has 2 aromatic heterocycles. The maximum atomic E-state index is 12.6. The molecule has 0 saturated carbocycles. The zero-order chi connectivity index (χ0) is 22.7. The summed E-state index contributed by atoms with van der Waals surface area (Å²) in [4.78, 5) is 13.2. The summed E-state index contributed by atoms with van der Waals surface area (Å²) in [7, 11) is 0. The van der Waals surface area contributed by atoms with E-state index < -0.39 is 0 Å². The molecule has 1 N–H and O–H groups in total. The fraction of sp³-hybridized carbons (Fsp3) is 0.167. The first-order valence-electron chi connectivity index (χ1n) is 9.92. The summed E-state index contributed by atoms with van der Waals surface area (Å²) in [6.45, 7) is 4.96. The summed E-state index contributed by atoms with van der Waals surface area (Å²) in [6.07, 6.45) is 3.38. The van der Waals surface area contributed by atoms with Gasteiger partial charge in [-0.2, -0.15) is 5.10 Å². The van der Waals surface area contributed by atoms with Crippen LogP contribution in [0.3, 0.4) is 0 Å². The van der Waals surface area contributed by atoms with Gasteiger partial charge in [0.05, 0.1) is 23.3 Å². The predicted molar refractivity (Wildman–Crippen MR) is 130 cm³/mol. The quantitative estimate of drug-likeness (QED) is 0.315. The minimum absolute atomic E-state index is 0.183. The minimum Gasteiger partial charge on any atom is -0.489 e. The number of aromatic nitrogens is 2. The van der Waals surface area contributed by atoms with Crippen molar-refractivity contribution in [1.82, 2.24) is 9.78 Å². The number of nitrogens with one attached hydrogen (secondary N) is 1. The minimum atomic E-state index is -0.183. The number of carbonyl (C=O) groups is 1. The van der Waals surface area contributed by atoms with E-state index in [9.17, 15) is 4.79 Å². The second-order valence-corrected chi connectivity index (χ2v) is 9.25. The fourth-order valence-corrected chi connectivity index (χ4v) is 4.48. The molecule has 5 nitrogen and oxygen atoms in total. The van der Waals surface area contributed by atoms with Gasteiger partial charge in [-0.15, -0.1) is 11.3 Å². The summed E-state index contributed by atoms with van der Waals surface area (Å²) < 4.78 is 7.62. The molecule has 4 aromatic rings. The van der Waals surface area contributed by atoms with E-state index in [0.29, 0.717) is 33.8 Å². The van der Waals surface area contributed by atoms with E-state index in [1.807, 2.05) is 36.6 Å². The molecule has 0 aliphatic rings. The molecule has 164 valence electrons. The number of amides is 1. The number of thiophene rings is 1. The van der Waals surface area contributed by atoms with Crippen LogP contribution in [-0.2, 0) is 13.2 Å². The maximum absolute atomic E-state index is 12.6. The molecule has 0 unspecified atom stereocenters. The zero-order valence-electron chi connectivity index (χ0n) is 17.6. The summed E-state index contributed by atoms with van der Waals surface area (Å²) >= 11 is 13.6. The van der Waals surface area contributed by atoms with Crippen molar-refractivity contribution in [3.05, 3.63) is 97.4 Å². The van der Waals surface area contributed by atoms with Crippen molar-refractivity contribution in [3.8, 4) is 5.75 Å². The first kappa shape index (κ1) is 22.4. The van der Waals surface area contributed by atoms with Crippen LogP contribution >= 0.6 is 34.5 Å². The van der Waals surface area contributed by atoms with Crippen molar-refractivity contribution in [2.75, 3.05) is 5.32 Å². The molecule has 2 heterocycles. The van der Waals surface area contributed by atoms with Crippen molar-refractivity contribution in [3.63, 3.8) is 0 Å². The van der Waals surface area contributed by atoms with Gasteiger partial charge in [-0.1, -0.05) is 47.0 Å². The van der Waals surface area contributed by atoms with Crippen LogP contribution in [0.1, 0.15) is 31.9 Å². The average Bonchev–Trinajstić information content (AvgIpc) is 3.39. The number of hydrogen-bond donors (Lipinski definition) is 1. The molecule has 8 heteroatoms. The monoisotopic (exact) mass is 485 g/mol. The van der Waals surface area contributed by atoms with Crippen molar-refractivity contribution < 1.29 is 9.53 Å². The topological polar surface area (TPSA) is 56.1 Å². The molecule has 0 bridgehead atoms. The molecule has 0 aliphatic carbocycles. The summed E-state index contributed by atoms with van der Waals surface area (Å²) in [5, 5.41) is 10.3. The van der Waals surface area contributed by atoms with Gasteiger partial charge in [0.2, 0.25) is 0 Å². The van der Waals surface area contributed by atoms with Crippen LogP contribution in [0.25, 0.3) is 0 Å². The Kier molecular flexibility index (Phi) is 6.84. The van der Waals surface area contributed by atoms with Crippen LogP contribution in [0.5, 0.6) is 5.75 Å². The lowest BCUT2D eigenvalue weighted by molar-refractivity contribution is 0.103. The third-order valence-corrected chi connectivity index (χ3v) is 6.41. The Labute approximate surface area is 200 Å². The summed E-state index contributed by atoms with van der Waals surface area (Å²) in [5.41, 5.74) is 4.75. The van der Waals surface area contributed by atoms with Crippen molar-refractivity contribution in [1.29, 1.82) is 0 Å². The number of halogens is 2. The van der Waals surface area contributed by atoms with E-state index in [-0.39, 0.29) is 5.91 Å². The second-order valence-electron chi connectivity index (χ2n) is 7.49. The average molecular weight is 486 g/mol. The van der Waals surface area contributed by atoms with Gasteiger partial charge in [0.25, 0.3) is 5.91 Å². The van der Waals surface area contributed by atoms with Gasteiger partial charge in [0.1, 0.15) is 12.4 Å². The predicted octanol–water partition coefficient (Wildman–Crippen LogP) is 6.75. The van der Waals surface area contributed by atoms with Crippen LogP contribution in [-0.4, -0.2) is 15.7 Å². The molecule has 0 aliphatic heterocycles. The summed E-state index contributed by atoms with van der Waals surface area (Å²) in [6, 6.07) is 13.3. The lowest BCUT2D eigenvalue weighted by Crippen LogP contribution is -2.09. The standard InChI is InChI=1S/C24H21Cl2N3O2S/c1-15-3-6-22(16(2)7-15)31-13-17-8-23(32-14-17)24(30)28-20-10-27-29(12-20)11-18-4-5-19(25)9-21(18)26/h3-10,12,14H,11,13H2,1-2H3,(H,28,30). The Morgan fingerprint density at radius 1 is 1.16 bits per heavy atom. The molecular formula is C24H21Cl2N3O2S. The lowest BCUT2D eigenvalue weighted by atomic mass is 10.1. The molecule has 2 aromatic carbocycles. The Morgan fingerprint density at radius 2 is 2.00 bits per heavy atom. The Morgan fingerprint density at radius 3 is 2.78 bits per heavy atom. The first-order valence-corrected chi connectivity index (χ1v) is 11.6. The van der Waals surface area contributed by atoms with E-state index in [2.05, 4.69) is 23.4 Å². The highest BCUT2D eigenvalue weighted by Gasteiger charge is 2.12. The molecular weight excluding hydrogens is 465 g/mol. The van der Waals surface area contributed by atoms with Crippen molar-refractivity contribution >= 4 is 46.1 Å². The summed E-state index contributed by atoms with van der Waals surface area (Å²) in [5.74, 6) is 0.665. The maximum Gasteiger partial charge on any atom is 0.265 e. The lowest BCUT2D eigenvalue weighted by Gasteiger charge is -2.08. The number of hydrogen-bond acceptors (Lipinski definition) is 4. The van der Waals surface area contributed by atoms with Crippen LogP contribution in [0.2, 0.25) is 10.0 Å². The Hall–Kier alpha value is -2.80. The smallest absolute Gasteiger partial charge is 0.265 e. The Bertz CT molecular complexity index is 1270. The first-order chi connectivity index (χ1) is 15.4. The van der Waals surface area contributed by atoms with Gasteiger partial charge >= 0.3 is 0 Å². The molecule has 1 amide bonds. The SMILES string of the molecule is Cc1ccc(OCc2csc(C(=O)Nc3cnn(Cc4ccc(Cl)cc4Cl)c3)c2)c(C)c1. The molecule has 32 heavy (non-hydrogen) atoms. The molecule has 0 spiro atoms. The number of ether oxygens (including phenoxy) is 1. The number of nitrogens with zero attached hydrogens (tertiary/aromatic N) is 2. The number of carbonyl (C=O) groups excluding carboxylic acids is 1. The number of benzene rings is 2. The third-order valence-electron chi connectivity index (χ3n) is 4.84. The molecule has 0 radical (unpaired) electrons. The second kappa shape index (κ2) is 9.77. The van der Waals surface area contributed by atoms with Gasteiger partial charge in [0.15, 0.2) is 0 Å². The highest BCUT2D eigenvalue weighted by Crippen LogP contribution is 2.24. The van der Waals surface area contributed by atoms with Gasteiger partial charge in [0, 0.05) is 21.8 Å². The van der Waals surface area contributed by atoms with Crippen LogP contribution in [0, 0.1) is 13.8 Å². The van der Waals surface area contributed by atoms with Gasteiger partial charge in [-0.05, 0) is 54.6 Å². The highest BCUT2D eigenvalue weighted by atomic mass is 35.5. The number of rotatable bonds is 7. The Balaban J connectivity index is 1.35. The number of anilines is 1. The molecule has 0 atom stereocenters. The normalized spacial score (nSPS) is 10.9. The van der Waals surface area contributed by atoms with Gasteiger partial charge in [-0.25, -0.2) is 0 Å². The molecule has 0 fully saturated rings. The number of aryl methyl sites for hydroxylation is 2. The van der Waals surface area contributed by atoms with E-state index >= 15 is 0 Å². The van der Waals surface area contributed by atoms with Crippen molar-refractivity contribution in [2.45, 2.75) is 27.0 Å². The van der Waals surface area contributed by atoms with E-state index in [4.69, 9.17) is 27.9 Å². The molecule has 4 rings (SSSR count). The van der Waals surface area contributed by atoms with Gasteiger partial charge < -0.3 is 10.1 Å². The molecule has 0 saturated heterocycles. The zero-order valence-corrected chi connectivity index (χ0v) is 19.9. The van der Waals surface area contributed by atoms with Gasteiger partial charge in [-0.3, -0.25) is 9.48 Å². The van der Waals surface area contributed by atoms with Crippen LogP contribution in [0.15, 0.2) is 60.2 Å². The van der Waals surface area contributed by atoms with Crippen LogP contribution < -0.4 is 10.1 Å². The van der Waals surface area contributed by atoms with E-state index in [1.54, 1.807) is 29.2 Å². The van der Waals surface area contributed by atoms with E-state index in [0.717, 1.165) is 22.4 Å². The van der Waals surface area contributed by atoms with Crippen LogP contribution in [0.4, 0.5) is 5.69 Å². The van der Waals surface area contributed by atoms with E-state index in [1.165, 1.54) is 16.9 Å². The van der Waals surface area contributed by atoms with Crippen molar-refractivity contribution in [2.24, 2.45) is 0 Å².